The Bertz CT molecular complexity index is 589. The molecule has 108 valence electrons. The topological polar surface area (TPSA) is 12.0 Å². The van der Waals surface area contributed by atoms with Crippen molar-refractivity contribution >= 4 is 0 Å². The van der Waals surface area contributed by atoms with Gasteiger partial charge in [-0.2, -0.15) is 0 Å². The zero-order chi connectivity index (χ0) is 14.1. The third kappa shape index (κ3) is 3.03. The molecular formula is C20H23N. The quantitative estimate of drug-likeness (QED) is 0.822. The lowest BCUT2D eigenvalue weighted by molar-refractivity contribution is 0.420. The molecule has 0 amide bonds. The molecule has 2 aromatic rings. The lowest BCUT2D eigenvalue weighted by atomic mass is 9.80. The number of hydrogen-bond donors (Lipinski definition) is 1. The van der Waals surface area contributed by atoms with Crippen LogP contribution in [0.4, 0.5) is 0 Å². The van der Waals surface area contributed by atoms with Gasteiger partial charge in [0, 0.05) is 12.6 Å². The highest BCUT2D eigenvalue weighted by molar-refractivity contribution is 5.64. The normalized spacial score (nSPS) is 18.5. The van der Waals surface area contributed by atoms with Crippen LogP contribution in [0.1, 0.15) is 49.1 Å². The van der Waals surface area contributed by atoms with Crippen molar-refractivity contribution in [3.05, 3.63) is 59.7 Å². The van der Waals surface area contributed by atoms with Gasteiger partial charge in [-0.25, -0.2) is 0 Å². The summed E-state index contributed by atoms with van der Waals surface area (Å²) in [5, 5.41) is 3.56. The van der Waals surface area contributed by atoms with Crippen LogP contribution in [0.15, 0.2) is 48.5 Å². The van der Waals surface area contributed by atoms with E-state index in [0.29, 0.717) is 0 Å². The molecule has 21 heavy (non-hydrogen) atoms. The van der Waals surface area contributed by atoms with E-state index >= 15 is 0 Å². The Morgan fingerprint density at radius 2 is 1.38 bits per heavy atom. The van der Waals surface area contributed by atoms with E-state index in [9.17, 15) is 0 Å². The summed E-state index contributed by atoms with van der Waals surface area (Å²) in [6.07, 6.45) is 6.86. The van der Waals surface area contributed by atoms with Gasteiger partial charge in [0.05, 0.1) is 0 Å². The molecule has 2 saturated carbocycles. The zero-order valence-corrected chi connectivity index (χ0v) is 12.5. The van der Waals surface area contributed by atoms with E-state index in [1.165, 1.54) is 54.4 Å². The molecule has 0 atom stereocenters. The summed E-state index contributed by atoms with van der Waals surface area (Å²) in [4.78, 5) is 0. The molecule has 0 heterocycles. The first-order chi connectivity index (χ1) is 10.4. The van der Waals surface area contributed by atoms with Gasteiger partial charge in [-0.05, 0) is 53.9 Å². The zero-order valence-electron chi connectivity index (χ0n) is 12.5. The highest BCUT2D eigenvalue weighted by Crippen LogP contribution is 2.36. The van der Waals surface area contributed by atoms with Crippen molar-refractivity contribution in [1.82, 2.24) is 5.32 Å². The van der Waals surface area contributed by atoms with Crippen LogP contribution in [0.3, 0.4) is 0 Å². The third-order valence-electron chi connectivity index (χ3n) is 4.95. The van der Waals surface area contributed by atoms with Gasteiger partial charge < -0.3 is 5.32 Å². The SMILES string of the molecule is c1cc(-c2ccc(C3CCC3)cc2)ccc1CNC1CC1. The van der Waals surface area contributed by atoms with Crippen molar-refractivity contribution in [3.63, 3.8) is 0 Å². The first-order valence-electron chi connectivity index (χ1n) is 8.31. The van der Waals surface area contributed by atoms with Crippen LogP contribution >= 0.6 is 0 Å². The minimum atomic E-state index is 0.781. The molecule has 1 nitrogen and oxygen atoms in total. The second-order valence-electron chi connectivity index (χ2n) is 6.60. The number of nitrogens with one attached hydrogen (secondary N) is 1. The molecule has 0 aromatic heterocycles. The lowest BCUT2D eigenvalue weighted by Gasteiger charge is -2.25. The van der Waals surface area contributed by atoms with Crippen molar-refractivity contribution < 1.29 is 0 Å². The second-order valence-corrected chi connectivity index (χ2v) is 6.60. The molecule has 2 fully saturated rings. The summed E-state index contributed by atoms with van der Waals surface area (Å²) >= 11 is 0. The maximum absolute atomic E-state index is 3.56. The monoisotopic (exact) mass is 277 g/mol. The predicted octanol–water partition coefficient (Wildman–Crippen LogP) is 4.87. The summed E-state index contributed by atoms with van der Waals surface area (Å²) in [6.45, 7) is 1.01. The van der Waals surface area contributed by atoms with Crippen LogP contribution in [0, 0.1) is 0 Å². The number of benzene rings is 2. The molecule has 0 unspecified atom stereocenters. The summed E-state index contributed by atoms with van der Waals surface area (Å²) in [5.41, 5.74) is 5.57. The Balaban J connectivity index is 1.44. The van der Waals surface area contributed by atoms with Gasteiger partial charge >= 0.3 is 0 Å². The van der Waals surface area contributed by atoms with Crippen molar-refractivity contribution in [2.45, 2.75) is 50.6 Å². The fourth-order valence-corrected chi connectivity index (χ4v) is 3.05. The van der Waals surface area contributed by atoms with Crippen molar-refractivity contribution in [3.8, 4) is 11.1 Å². The number of hydrogen-bond acceptors (Lipinski definition) is 1. The fraction of sp³-hybridized carbons (Fsp3) is 0.400. The van der Waals surface area contributed by atoms with Crippen molar-refractivity contribution in [1.29, 1.82) is 0 Å². The van der Waals surface area contributed by atoms with Gasteiger partial charge in [0.1, 0.15) is 0 Å². The van der Waals surface area contributed by atoms with Gasteiger partial charge in [0.15, 0.2) is 0 Å². The molecule has 0 bridgehead atoms. The van der Waals surface area contributed by atoms with E-state index in [0.717, 1.165) is 18.5 Å². The lowest BCUT2D eigenvalue weighted by Crippen LogP contribution is -2.14. The van der Waals surface area contributed by atoms with Crippen LogP contribution in [0.25, 0.3) is 11.1 Å². The molecule has 1 heteroatoms. The van der Waals surface area contributed by atoms with Crippen LogP contribution in [-0.4, -0.2) is 6.04 Å². The molecule has 2 aromatic carbocycles. The Morgan fingerprint density at radius 3 is 1.90 bits per heavy atom. The Hall–Kier alpha value is -1.60. The molecular weight excluding hydrogens is 254 g/mol. The van der Waals surface area contributed by atoms with Gasteiger partial charge in [-0.3, -0.25) is 0 Å². The standard InChI is InChI=1S/C20H23N/c1-2-16(3-1)18-8-10-19(11-9-18)17-6-4-15(5-7-17)14-21-20-12-13-20/h4-11,16,20-21H,1-3,12-14H2. The molecule has 4 rings (SSSR count). The average molecular weight is 277 g/mol. The van der Waals surface area contributed by atoms with Crippen LogP contribution in [-0.2, 0) is 6.54 Å². The van der Waals surface area contributed by atoms with Crippen molar-refractivity contribution in [2.24, 2.45) is 0 Å². The van der Waals surface area contributed by atoms with Crippen molar-refractivity contribution in [2.75, 3.05) is 0 Å². The Morgan fingerprint density at radius 1 is 0.762 bits per heavy atom. The maximum atomic E-state index is 3.56. The minimum absolute atomic E-state index is 0.781. The predicted molar refractivity (Wildman–Crippen MR) is 88.3 cm³/mol. The van der Waals surface area contributed by atoms with E-state index in [1.54, 1.807) is 0 Å². The number of rotatable bonds is 5. The van der Waals surface area contributed by atoms with Crippen LogP contribution in [0.2, 0.25) is 0 Å². The van der Waals surface area contributed by atoms with Crippen LogP contribution < -0.4 is 5.32 Å². The van der Waals surface area contributed by atoms with Crippen LogP contribution in [0.5, 0.6) is 0 Å². The Labute approximate surface area is 127 Å². The average Bonchev–Trinajstić information content (AvgIpc) is 3.29. The molecule has 0 radical (unpaired) electrons. The largest absolute Gasteiger partial charge is 0.310 e. The fourth-order valence-electron chi connectivity index (χ4n) is 3.05. The molecule has 2 aliphatic rings. The summed E-state index contributed by atoms with van der Waals surface area (Å²) in [7, 11) is 0. The first-order valence-corrected chi connectivity index (χ1v) is 8.31. The van der Waals surface area contributed by atoms with E-state index in [1.807, 2.05) is 0 Å². The second kappa shape index (κ2) is 5.65. The molecule has 0 aliphatic heterocycles. The molecule has 2 aliphatic carbocycles. The van der Waals surface area contributed by atoms with Gasteiger partial charge in [0.25, 0.3) is 0 Å². The molecule has 1 N–H and O–H groups in total. The van der Waals surface area contributed by atoms with Gasteiger partial charge in [-0.1, -0.05) is 55.0 Å². The third-order valence-corrected chi connectivity index (χ3v) is 4.95. The van der Waals surface area contributed by atoms with Gasteiger partial charge in [-0.15, -0.1) is 0 Å². The smallest absolute Gasteiger partial charge is 0.0208 e. The summed E-state index contributed by atoms with van der Waals surface area (Å²) < 4.78 is 0. The highest BCUT2D eigenvalue weighted by atomic mass is 14.9. The maximum Gasteiger partial charge on any atom is 0.0208 e. The van der Waals surface area contributed by atoms with E-state index in [4.69, 9.17) is 0 Å². The van der Waals surface area contributed by atoms with E-state index in [-0.39, 0.29) is 0 Å². The highest BCUT2D eigenvalue weighted by Gasteiger charge is 2.20. The molecule has 0 saturated heterocycles. The minimum Gasteiger partial charge on any atom is -0.310 e. The molecule has 0 spiro atoms. The summed E-state index contributed by atoms with van der Waals surface area (Å²) in [5.74, 6) is 0.829. The van der Waals surface area contributed by atoms with E-state index in [2.05, 4.69) is 53.8 Å². The first kappa shape index (κ1) is 13.1. The Kier molecular flexibility index (Phi) is 3.52. The van der Waals surface area contributed by atoms with Gasteiger partial charge in [0.2, 0.25) is 0 Å². The summed E-state index contributed by atoms with van der Waals surface area (Å²) in [6, 6.07) is 19.0. The van der Waals surface area contributed by atoms with E-state index < -0.39 is 0 Å².